The molecule has 0 aliphatic carbocycles. The number of carbonyl (C=O) groups excluding carboxylic acids is 1. The molecule has 0 radical (unpaired) electrons. The van der Waals surface area contributed by atoms with E-state index in [1.807, 2.05) is 24.3 Å². The molecule has 0 unspecified atom stereocenters. The van der Waals surface area contributed by atoms with Gasteiger partial charge in [-0.25, -0.2) is 9.97 Å². The second-order valence-corrected chi connectivity index (χ2v) is 2.84. The maximum atomic E-state index is 10.1. The van der Waals surface area contributed by atoms with Crippen LogP contribution in [0, 0.1) is 0 Å². The average Bonchev–Trinajstić information content (AvgIpc) is 2.26. The van der Waals surface area contributed by atoms with Crippen molar-refractivity contribution in [2.45, 2.75) is 6.54 Å². The van der Waals surface area contributed by atoms with Gasteiger partial charge in [-0.05, 0) is 6.07 Å². The number of aromatic nitrogens is 2. The van der Waals surface area contributed by atoms with Crippen LogP contribution in [0.4, 0.5) is 0 Å². The fourth-order valence-corrected chi connectivity index (χ4v) is 1.23. The Balaban J connectivity index is 2.36. The van der Waals surface area contributed by atoms with Gasteiger partial charge in [0.15, 0.2) is 0 Å². The molecule has 1 N–H and O–H groups in total. The SMILES string of the molecule is O=CNCc1ncc2ccccc2n1. The molecule has 2 aromatic rings. The first kappa shape index (κ1) is 8.62. The molecule has 1 aromatic heterocycles. The number of amides is 1. The number of para-hydroxylation sites is 1. The van der Waals surface area contributed by atoms with Crippen LogP contribution >= 0.6 is 0 Å². The Hall–Kier alpha value is -1.97. The first-order valence-corrected chi connectivity index (χ1v) is 4.28. The third kappa shape index (κ3) is 1.69. The van der Waals surface area contributed by atoms with Gasteiger partial charge in [-0.3, -0.25) is 4.79 Å². The predicted octanol–water partition coefficient (Wildman–Crippen LogP) is 0.876. The number of benzene rings is 1. The molecular formula is C10H9N3O. The van der Waals surface area contributed by atoms with Gasteiger partial charge in [0.05, 0.1) is 12.1 Å². The van der Waals surface area contributed by atoms with E-state index in [-0.39, 0.29) is 0 Å². The summed E-state index contributed by atoms with van der Waals surface area (Å²) in [4.78, 5) is 18.5. The quantitative estimate of drug-likeness (QED) is 0.725. The van der Waals surface area contributed by atoms with Crippen molar-refractivity contribution in [1.82, 2.24) is 15.3 Å². The lowest BCUT2D eigenvalue weighted by atomic mass is 10.2. The zero-order valence-corrected chi connectivity index (χ0v) is 7.47. The summed E-state index contributed by atoms with van der Waals surface area (Å²) in [5.74, 6) is 0.621. The van der Waals surface area contributed by atoms with Gasteiger partial charge >= 0.3 is 0 Å². The molecule has 0 aliphatic heterocycles. The van der Waals surface area contributed by atoms with E-state index in [9.17, 15) is 4.79 Å². The maximum absolute atomic E-state index is 10.1. The highest BCUT2D eigenvalue weighted by molar-refractivity contribution is 5.77. The van der Waals surface area contributed by atoms with Gasteiger partial charge in [0, 0.05) is 11.6 Å². The Labute approximate surface area is 81.0 Å². The van der Waals surface area contributed by atoms with Crippen LogP contribution in [0.15, 0.2) is 30.5 Å². The lowest BCUT2D eigenvalue weighted by Gasteiger charge is -2.00. The summed E-state index contributed by atoms with van der Waals surface area (Å²) in [5, 5.41) is 3.53. The monoisotopic (exact) mass is 187 g/mol. The van der Waals surface area contributed by atoms with E-state index in [0.717, 1.165) is 10.9 Å². The molecule has 0 aliphatic rings. The molecule has 0 saturated heterocycles. The topological polar surface area (TPSA) is 54.9 Å². The van der Waals surface area contributed by atoms with Gasteiger partial charge in [0.25, 0.3) is 0 Å². The Morgan fingerprint density at radius 1 is 1.36 bits per heavy atom. The van der Waals surface area contributed by atoms with E-state index in [0.29, 0.717) is 18.8 Å². The first-order chi connectivity index (χ1) is 6.90. The normalized spacial score (nSPS) is 10.0. The Morgan fingerprint density at radius 3 is 3.07 bits per heavy atom. The van der Waals surface area contributed by atoms with Gasteiger partial charge < -0.3 is 5.32 Å². The van der Waals surface area contributed by atoms with E-state index >= 15 is 0 Å². The van der Waals surface area contributed by atoms with Crippen LogP contribution < -0.4 is 5.32 Å². The largest absolute Gasteiger partial charge is 0.351 e. The minimum Gasteiger partial charge on any atom is -0.351 e. The number of nitrogens with zero attached hydrogens (tertiary/aromatic N) is 2. The smallest absolute Gasteiger partial charge is 0.207 e. The van der Waals surface area contributed by atoms with Crippen LogP contribution in [-0.2, 0) is 11.3 Å². The molecule has 0 fully saturated rings. The Kier molecular flexibility index (Phi) is 2.36. The third-order valence-electron chi connectivity index (χ3n) is 1.88. The van der Waals surface area contributed by atoms with E-state index in [1.165, 1.54) is 0 Å². The third-order valence-corrected chi connectivity index (χ3v) is 1.88. The molecule has 1 heterocycles. The lowest BCUT2D eigenvalue weighted by molar-refractivity contribution is -0.109. The van der Waals surface area contributed by atoms with E-state index in [1.54, 1.807) is 6.20 Å². The van der Waals surface area contributed by atoms with Crippen molar-refractivity contribution in [3.05, 3.63) is 36.3 Å². The predicted molar refractivity (Wildman–Crippen MR) is 52.4 cm³/mol. The molecule has 1 amide bonds. The molecule has 0 bridgehead atoms. The number of hydrogen-bond acceptors (Lipinski definition) is 3. The van der Waals surface area contributed by atoms with Crippen molar-refractivity contribution < 1.29 is 4.79 Å². The molecule has 1 aromatic carbocycles. The van der Waals surface area contributed by atoms with Gasteiger partial charge in [-0.1, -0.05) is 18.2 Å². The van der Waals surface area contributed by atoms with E-state index in [2.05, 4.69) is 15.3 Å². The van der Waals surface area contributed by atoms with Crippen molar-refractivity contribution in [2.24, 2.45) is 0 Å². The van der Waals surface area contributed by atoms with Crippen molar-refractivity contribution in [3.8, 4) is 0 Å². The van der Waals surface area contributed by atoms with Crippen LogP contribution in [0.1, 0.15) is 5.82 Å². The summed E-state index contributed by atoms with van der Waals surface area (Å²) in [5.41, 5.74) is 0.894. The molecule has 4 nitrogen and oxygen atoms in total. The van der Waals surface area contributed by atoms with Crippen molar-refractivity contribution in [3.63, 3.8) is 0 Å². The average molecular weight is 187 g/mol. The summed E-state index contributed by atoms with van der Waals surface area (Å²) in [6.07, 6.45) is 2.39. The molecule has 0 spiro atoms. The highest BCUT2D eigenvalue weighted by atomic mass is 16.1. The molecule has 2 rings (SSSR count). The Bertz CT molecular complexity index is 456. The second kappa shape index (κ2) is 3.83. The summed E-state index contributed by atoms with van der Waals surface area (Å²) in [6.45, 7) is 0.369. The minimum atomic E-state index is 0.369. The zero-order chi connectivity index (χ0) is 9.80. The molecule has 4 heteroatoms. The molecule has 0 saturated carbocycles. The number of carbonyl (C=O) groups is 1. The van der Waals surface area contributed by atoms with E-state index < -0.39 is 0 Å². The second-order valence-electron chi connectivity index (χ2n) is 2.84. The van der Waals surface area contributed by atoms with Crippen molar-refractivity contribution >= 4 is 17.3 Å². The fourth-order valence-electron chi connectivity index (χ4n) is 1.23. The Morgan fingerprint density at radius 2 is 2.21 bits per heavy atom. The number of rotatable bonds is 3. The van der Waals surface area contributed by atoms with Crippen molar-refractivity contribution in [2.75, 3.05) is 0 Å². The lowest BCUT2D eigenvalue weighted by Crippen LogP contribution is -2.12. The number of hydrogen-bond donors (Lipinski definition) is 1. The standard InChI is InChI=1S/C10H9N3O/c14-7-11-6-10-12-5-8-3-1-2-4-9(8)13-10/h1-5,7H,6H2,(H,11,14). The molecule has 14 heavy (non-hydrogen) atoms. The summed E-state index contributed by atoms with van der Waals surface area (Å²) in [6, 6.07) is 7.73. The highest BCUT2D eigenvalue weighted by Crippen LogP contribution is 2.08. The summed E-state index contributed by atoms with van der Waals surface area (Å²) < 4.78 is 0. The van der Waals surface area contributed by atoms with Gasteiger partial charge in [0.2, 0.25) is 6.41 Å². The minimum absolute atomic E-state index is 0.369. The van der Waals surface area contributed by atoms with Crippen LogP contribution in [0.5, 0.6) is 0 Å². The van der Waals surface area contributed by atoms with Crippen LogP contribution in [0.3, 0.4) is 0 Å². The van der Waals surface area contributed by atoms with Crippen LogP contribution in [-0.4, -0.2) is 16.4 Å². The zero-order valence-electron chi connectivity index (χ0n) is 7.47. The molecule has 0 atom stereocenters. The van der Waals surface area contributed by atoms with Crippen LogP contribution in [0.25, 0.3) is 10.9 Å². The fraction of sp³-hybridized carbons (Fsp3) is 0.100. The molecular weight excluding hydrogens is 178 g/mol. The molecule has 70 valence electrons. The summed E-state index contributed by atoms with van der Waals surface area (Å²) in [7, 11) is 0. The van der Waals surface area contributed by atoms with Gasteiger partial charge in [0.1, 0.15) is 5.82 Å². The van der Waals surface area contributed by atoms with Gasteiger partial charge in [-0.15, -0.1) is 0 Å². The van der Waals surface area contributed by atoms with Crippen molar-refractivity contribution in [1.29, 1.82) is 0 Å². The summed E-state index contributed by atoms with van der Waals surface area (Å²) >= 11 is 0. The van der Waals surface area contributed by atoms with Gasteiger partial charge in [-0.2, -0.15) is 0 Å². The number of nitrogens with one attached hydrogen (secondary N) is 1. The van der Waals surface area contributed by atoms with Crippen LogP contribution in [0.2, 0.25) is 0 Å². The first-order valence-electron chi connectivity index (χ1n) is 4.28. The van der Waals surface area contributed by atoms with E-state index in [4.69, 9.17) is 0 Å². The maximum Gasteiger partial charge on any atom is 0.207 e. The number of fused-ring (bicyclic) bond motifs is 1. The highest BCUT2D eigenvalue weighted by Gasteiger charge is 1.97.